The molecule has 0 saturated carbocycles. The molecule has 1 heterocycles. The van der Waals surface area contributed by atoms with Gasteiger partial charge >= 0.3 is 0 Å². The fourth-order valence-corrected chi connectivity index (χ4v) is 4.15. The third kappa shape index (κ3) is 4.67. The van der Waals surface area contributed by atoms with Crippen LogP contribution in [0.2, 0.25) is 0 Å². The number of hydrogen-bond donors (Lipinski definition) is 1. The number of piperazine rings is 1. The summed E-state index contributed by atoms with van der Waals surface area (Å²) in [6, 6.07) is 13.3. The Morgan fingerprint density at radius 2 is 1.70 bits per heavy atom. The van der Waals surface area contributed by atoms with E-state index in [2.05, 4.69) is 16.5 Å². The monoisotopic (exact) mass is 387 g/mol. The number of hydrogen-bond acceptors (Lipinski definition) is 4. The fraction of sp³-hybridized carbons (Fsp3) is 0.350. The molecule has 3 rings (SSSR count). The van der Waals surface area contributed by atoms with Crippen LogP contribution in [-0.2, 0) is 10.0 Å². The normalized spacial score (nSPS) is 15.6. The van der Waals surface area contributed by atoms with E-state index in [1.165, 1.54) is 0 Å². The number of carbonyl (C=O) groups excluding carboxylic acids is 1. The van der Waals surface area contributed by atoms with Crippen molar-refractivity contribution in [3.8, 4) is 0 Å². The van der Waals surface area contributed by atoms with Gasteiger partial charge in [-0.05, 0) is 43.8 Å². The number of benzene rings is 2. The molecule has 6 nitrogen and oxygen atoms in total. The first-order valence-electron chi connectivity index (χ1n) is 9.10. The van der Waals surface area contributed by atoms with Crippen LogP contribution in [0.1, 0.15) is 22.8 Å². The maximum absolute atomic E-state index is 12.8. The van der Waals surface area contributed by atoms with Crippen molar-refractivity contribution < 1.29 is 13.2 Å². The molecule has 0 aliphatic carbocycles. The van der Waals surface area contributed by atoms with Crippen molar-refractivity contribution >= 4 is 21.6 Å². The zero-order valence-corrected chi connectivity index (χ0v) is 16.5. The Bertz CT molecular complexity index is 902. The Morgan fingerprint density at radius 3 is 2.33 bits per heavy atom. The summed E-state index contributed by atoms with van der Waals surface area (Å²) >= 11 is 0. The number of anilines is 1. The molecule has 27 heavy (non-hydrogen) atoms. The lowest BCUT2D eigenvalue weighted by molar-refractivity contribution is 0.0643. The van der Waals surface area contributed by atoms with E-state index in [0.717, 1.165) is 25.2 Å². The predicted molar refractivity (Wildman–Crippen MR) is 106 cm³/mol. The van der Waals surface area contributed by atoms with Gasteiger partial charge in [0.25, 0.3) is 15.9 Å². The molecule has 1 aliphatic heterocycles. The Hall–Kier alpha value is -2.38. The van der Waals surface area contributed by atoms with Crippen LogP contribution in [0.25, 0.3) is 0 Å². The number of likely N-dealkylation sites (N-methyl/N-ethyl adjacent to an activating group) is 1. The highest BCUT2D eigenvalue weighted by Gasteiger charge is 2.22. The molecule has 1 fully saturated rings. The maximum atomic E-state index is 12.8. The number of nitrogens with zero attached hydrogens (tertiary/aromatic N) is 2. The van der Waals surface area contributed by atoms with Crippen molar-refractivity contribution in [1.29, 1.82) is 0 Å². The van der Waals surface area contributed by atoms with Gasteiger partial charge in [0.1, 0.15) is 0 Å². The molecule has 0 bridgehead atoms. The quantitative estimate of drug-likeness (QED) is 0.856. The summed E-state index contributed by atoms with van der Waals surface area (Å²) in [7, 11) is -3.69. The van der Waals surface area contributed by atoms with Gasteiger partial charge in [-0.2, -0.15) is 0 Å². The standard InChI is InChI=1S/C20H25N3O3S/c1-3-22-11-13-23(14-12-22)20(24)17-5-4-6-18(15-17)21-27(25,26)19-9-7-16(2)8-10-19/h4-10,15,21H,3,11-14H2,1-2H3. The van der Waals surface area contributed by atoms with Crippen molar-refractivity contribution in [1.82, 2.24) is 9.80 Å². The summed E-state index contributed by atoms with van der Waals surface area (Å²) in [6.07, 6.45) is 0. The molecule has 144 valence electrons. The van der Waals surface area contributed by atoms with Crippen LogP contribution in [0.3, 0.4) is 0 Å². The van der Waals surface area contributed by atoms with Crippen molar-refractivity contribution in [2.24, 2.45) is 0 Å². The highest BCUT2D eigenvalue weighted by atomic mass is 32.2. The third-order valence-electron chi connectivity index (χ3n) is 4.80. The summed E-state index contributed by atoms with van der Waals surface area (Å²) < 4.78 is 27.7. The van der Waals surface area contributed by atoms with Gasteiger partial charge in [0.2, 0.25) is 0 Å². The summed E-state index contributed by atoms with van der Waals surface area (Å²) in [5.41, 5.74) is 1.86. The van der Waals surface area contributed by atoms with E-state index in [-0.39, 0.29) is 10.8 Å². The number of carbonyl (C=O) groups is 1. The largest absolute Gasteiger partial charge is 0.336 e. The first-order chi connectivity index (χ1) is 12.9. The van der Waals surface area contributed by atoms with E-state index in [1.54, 1.807) is 48.5 Å². The van der Waals surface area contributed by atoms with Gasteiger partial charge in [0, 0.05) is 37.4 Å². The molecule has 0 aromatic heterocycles. The zero-order valence-electron chi connectivity index (χ0n) is 15.7. The molecule has 1 amide bonds. The topological polar surface area (TPSA) is 69.7 Å². The summed E-state index contributed by atoms with van der Waals surface area (Å²) in [5.74, 6) is -0.0675. The lowest BCUT2D eigenvalue weighted by atomic mass is 10.1. The van der Waals surface area contributed by atoms with Crippen molar-refractivity contribution in [2.75, 3.05) is 37.4 Å². The van der Waals surface area contributed by atoms with E-state index in [0.29, 0.717) is 24.3 Å². The Kier molecular flexibility index (Phi) is 5.82. The van der Waals surface area contributed by atoms with Gasteiger partial charge in [0.15, 0.2) is 0 Å². The van der Waals surface area contributed by atoms with Crippen LogP contribution in [0.4, 0.5) is 5.69 Å². The van der Waals surface area contributed by atoms with Crippen molar-refractivity contribution in [3.63, 3.8) is 0 Å². The SMILES string of the molecule is CCN1CCN(C(=O)c2cccc(NS(=O)(=O)c3ccc(C)cc3)c2)CC1. The van der Waals surface area contributed by atoms with E-state index >= 15 is 0 Å². The lowest BCUT2D eigenvalue weighted by Crippen LogP contribution is -2.48. The molecule has 1 N–H and O–H groups in total. The van der Waals surface area contributed by atoms with Crippen molar-refractivity contribution in [2.45, 2.75) is 18.7 Å². The average molecular weight is 388 g/mol. The van der Waals surface area contributed by atoms with E-state index in [1.807, 2.05) is 11.8 Å². The number of amides is 1. The summed E-state index contributed by atoms with van der Waals surface area (Å²) in [4.78, 5) is 17.1. The summed E-state index contributed by atoms with van der Waals surface area (Å²) in [5, 5.41) is 0. The third-order valence-corrected chi connectivity index (χ3v) is 6.20. The first kappa shape index (κ1) is 19.4. The smallest absolute Gasteiger partial charge is 0.261 e. The predicted octanol–water partition coefficient (Wildman–Crippen LogP) is 2.57. The number of rotatable bonds is 5. The molecule has 0 unspecified atom stereocenters. The second-order valence-electron chi connectivity index (χ2n) is 6.73. The first-order valence-corrected chi connectivity index (χ1v) is 10.6. The molecule has 2 aromatic carbocycles. The molecule has 1 aliphatic rings. The van der Waals surface area contributed by atoms with Crippen LogP contribution in [0.5, 0.6) is 0 Å². The van der Waals surface area contributed by atoms with E-state index in [9.17, 15) is 13.2 Å². The van der Waals surface area contributed by atoms with Gasteiger partial charge in [-0.3, -0.25) is 9.52 Å². The maximum Gasteiger partial charge on any atom is 0.261 e. The van der Waals surface area contributed by atoms with Gasteiger partial charge in [0.05, 0.1) is 4.90 Å². The van der Waals surface area contributed by atoms with Gasteiger partial charge in [-0.25, -0.2) is 8.42 Å². The van der Waals surface area contributed by atoms with Crippen molar-refractivity contribution in [3.05, 3.63) is 59.7 Å². The second kappa shape index (κ2) is 8.10. The minimum atomic E-state index is -3.69. The van der Waals surface area contributed by atoms with E-state index in [4.69, 9.17) is 0 Å². The minimum Gasteiger partial charge on any atom is -0.336 e. The van der Waals surface area contributed by atoms with Gasteiger partial charge in [-0.1, -0.05) is 30.7 Å². The number of sulfonamides is 1. The summed E-state index contributed by atoms with van der Waals surface area (Å²) in [6.45, 7) is 8.10. The minimum absolute atomic E-state index is 0.0675. The molecule has 0 atom stereocenters. The van der Waals surface area contributed by atoms with Crippen LogP contribution >= 0.6 is 0 Å². The molecular formula is C20H25N3O3S. The van der Waals surface area contributed by atoms with E-state index < -0.39 is 10.0 Å². The molecular weight excluding hydrogens is 362 g/mol. The second-order valence-corrected chi connectivity index (χ2v) is 8.41. The zero-order chi connectivity index (χ0) is 19.4. The molecule has 0 radical (unpaired) electrons. The van der Waals surface area contributed by atoms with Crippen LogP contribution in [0.15, 0.2) is 53.4 Å². The Morgan fingerprint density at radius 1 is 1.04 bits per heavy atom. The molecule has 2 aromatic rings. The van der Waals surface area contributed by atoms with Crippen LogP contribution in [-0.4, -0.2) is 56.8 Å². The Labute approximate surface area is 160 Å². The number of aryl methyl sites for hydroxylation is 1. The van der Waals surface area contributed by atoms with Crippen LogP contribution in [0, 0.1) is 6.92 Å². The van der Waals surface area contributed by atoms with Gasteiger partial charge < -0.3 is 9.80 Å². The molecule has 0 spiro atoms. The highest BCUT2D eigenvalue weighted by Crippen LogP contribution is 2.19. The molecule has 1 saturated heterocycles. The van der Waals surface area contributed by atoms with Crippen LogP contribution < -0.4 is 4.72 Å². The average Bonchev–Trinajstić information content (AvgIpc) is 2.67. The lowest BCUT2D eigenvalue weighted by Gasteiger charge is -2.34. The van der Waals surface area contributed by atoms with Gasteiger partial charge in [-0.15, -0.1) is 0 Å². The number of nitrogens with one attached hydrogen (secondary N) is 1. The Balaban J connectivity index is 1.73. The fourth-order valence-electron chi connectivity index (χ4n) is 3.10. The highest BCUT2D eigenvalue weighted by molar-refractivity contribution is 7.92. The molecule has 7 heteroatoms.